The van der Waals surface area contributed by atoms with Gasteiger partial charge in [-0.1, -0.05) is 32.4 Å². The second-order valence-corrected chi connectivity index (χ2v) is 8.04. The van der Waals surface area contributed by atoms with E-state index in [0.29, 0.717) is 55.9 Å². The molecular weight excluding hydrogens is 410 g/mol. The van der Waals surface area contributed by atoms with Gasteiger partial charge < -0.3 is 19.4 Å². The third kappa shape index (κ3) is 4.63. The summed E-state index contributed by atoms with van der Waals surface area (Å²) in [7, 11) is 0. The van der Waals surface area contributed by atoms with Crippen LogP contribution in [0.5, 0.6) is 5.75 Å². The third-order valence-corrected chi connectivity index (χ3v) is 5.67. The first kappa shape index (κ1) is 22.3. The number of carbonyl (C=O) groups is 1. The van der Waals surface area contributed by atoms with Gasteiger partial charge in [0.25, 0.3) is 5.56 Å². The third-order valence-electron chi connectivity index (χ3n) is 5.67. The lowest BCUT2D eigenvalue weighted by Crippen LogP contribution is -2.49. The maximum absolute atomic E-state index is 13.2. The van der Waals surface area contributed by atoms with E-state index in [4.69, 9.17) is 14.5 Å². The minimum atomic E-state index is -0.267. The molecule has 1 atom stereocenters. The Kier molecular flexibility index (Phi) is 7.06. The molecule has 2 aromatic rings. The molecule has 9 heteroatoms. The summed E-state index contributed by atoms with van der Waals surface area (Å²) in [6.07, 6.45) is 2.61. The molecule has 0 radical (unpaired) electrons. The lowest BCUT2D eigenvalue weighted by Gasteiger charge is -2.29. The number of hydrogen-bond donors (Lipinski definition) is 2. The Morgan fingerprint density at radius 2 is 2.00 bits per heavy atom. The van der Waals surface area contributed by atoms with Gasteiger partial charge in [0.15, 0.2) is 0 Å². The topological polar surface area (TPSA) is 99.8 Å². The quantitative estimate of drug-likeness (QED) is 0.648. The molecule has 0 spiro atoms. The van der Waals surface area contributed by atoms with Gasteiger partial charge >= 0.3 is 0 Å². The lowest BCUT2D eigenvalue weighted by molar-refractivity contribution is -0.133. The van der Waals surface area contributed by atoms with E-state index in [1.807, 2.05) is 31.2 Å². The monoisotopic (exact) mass is 441 g/mol. The van der Waals surface area contributed by atoms with Crippen molar-refractivity contribution in [3.63, 3.8) is 0 Å². The summed E-state index contributed by atoms with van der Waals surface area (Å²) < 4.78 is 11.2. The lowest BCUT2D eigenvalue weighted by atomic mass is 10.1. The Morgan fingerprint density at radius 1 is 1.22 bits per heavy atom. The molecule has 2 aliphatic heterocycles. The van der Waals surface area contributed by atoms with Gasteiger partial charge in [-0.25, -0.2) is 10.4 Å². The van der Waals surface area contributed by atoms with Crippen LogP contribution in [0, 0.1) is 0 Å². The van der Waals surface area contributed by atoms with E-state index in [1.54, 1.807) is 9.91 Å². The van der Waals surface area contributed by atoms with Crippen LogP contribution < -0.4 is 20.7 Å². The summed E-state index contributed by atoms with van der Waals surface area (Å²) in [5.74, 6) is 1.13. The fourth-order valence-corrected chi connectivity index (χ4v) is 4.09. The standard InChI is InChI=1S/C23H31N5O4/c1-3-7-17-20-21(28(26-17)15-19(29)27-10-13-31-14-11-27)23(30)25-22(24-20)16-8-5-6-9-18(16)32-12-4-2/h5-6,8-9,17,26H,3-4,7,10-15H2,1-2H3,(H,24,25,30). The van der Waals surface area contributed by atoms with Crippen LogP contribution in [0.1, 0.15) is 44.8 Å². The van der Waals surface area contributed by atoms with Crippen molar-refractivity contribution in [2.45, 2.75) is 39.2 Å². The molecule has 4 rings (SSSR count). The van der Waals surface area contributed by atoms with Gasteiger partial charge in [-0.2, -0.15) is 0 Å². The Hall–Kier alpha value is -2.91. The number of H-pyrrole nitrogens is 1. The summed E-state index contributed by atoms with van der Waals surface area (Å²) >= 11 is 0. The van der Waals surface area contributed by atoms with E-state index in [-0.39, 0.29) is 24.1 Å². The van der Waals surface area contributed by atoms with Crippen LogP contribution in [-0.4, -0.2) is 60.2 Å². The Balaban J connectivity index is 1.66. The van der Waals surface area contributed by atoms with Crippen molar-refractivity contribution in [2.24, 2.45) is 0 Å². The molecular formula is C23H31N5O4. The van der Waals surface area contributed by atoms with Crippen molar-refractivity contribution in [1.82, 2.24) is 20.3 Å². The van der Waals surface area contributed by atoms with Crippen LogP contribution in [0.2, 0.25) is 0 Å². The maximum Gasteiger partial charge on any atom is 0.276 e. The molecule has 1 saturated heterocycles. The number of hydrazine groups is 1. The average Bonchev–Trinajstić information content (AvgIpc) is 3.16. The van der Waals surface area contributed by atoms with E-state index in [1.165, 1.54) is 0 Å². The molecule has 3 heterocycles. The van der Waals surface area contributed by atoms with E-state index < -0.39 is 0 Å². The number of carbonyl (C=O) groups excluding carboxylic acids is 1. The number of morpholine rings is 1. The highest BCUT2D eigenvalue weighted by Gasteiger charge is 2.34. The molecule has 0 aliphatic carbocycles. The highest BCUT2D eigenvalue weighted by atomic mass is 16.5. The second-order valence-electron chi connectivity index (χ2n) is 8.04. The maximum atomic E-state index is 13.2. The average molecular weight is 442 g/mol. The molecule has 1 unspecified atom stereocenters. The molecule has 1 amide bonds. The smallest absolute Gasteiger partial charge is 0.276 e. The summed E-state index contributed by atoms with van der Waals surface area (Å²) in [6.45, 7) is 7.02. The highest BCUT2D eigenvalue weighted by Crippen LogP contribution is 2.34. The summed E-state index contributed by atoms with van der Waals surface area (Å²) in [5.41, 5.74) is 4.91. The molecule has 2 N–H and O–H groups in total. The van der Waals surface area contributed by atoms with E-state index in [2.05, 4.69) is 17.3 Å². The van der Waals surface area contributed by atoms with Crippen LogP contribution in [-0.2, 0) is 9.53 Å². The fraction of sp³-hybridized carbons (Fsp3) is 0.522. The molecule has 1 aromatic heterocycles. The summed E-state index contributed by atoms with van der Waals surface area (Å²) in [4.78, 5) is 35.5. The number of amides is 1. The van der Waals surface area contributed by atoms with E-state index in [0.717, 1.165) is 24.8 Å². The number of aromatic amines is 1. The molecule has 2 aliphatic rings. The summed E-state index contributed by atoms with van der Waals surface area (Å²) in [5, 5.41) is 1.66. The minimum absolute atomic E-state index is 0.0364. The van der Waals surface area contributed by atoms with Crippen molar-refractivity contribution in [2.75, 3.05) is 44.5 Å². The van der Waals surface area contributed by atoms with Crippen LogP contribution in [0.3, 0.4) is 0 Å². The molecule has 172 valence electrons. The number of nitrogens with one attached hydrogen (secondary N) is 2. The first-order valence-electron chi connectivity index (χ1n) is 11.4. The van der Waals surface area contributed by atoms with Gasteiger partial charge in [-0.05, 0) is 25.0 Å². The number of aromatic nitrogens is 2. The number of hydrogen-bond acceptors (Lipinski definition) is 7. The van der Waals surface area contributed by atoms with Crippen molar-refractivity contribution in [3.05, 3.63) is 40.3 Å². The van der Waals surface area contributed by atoms with Gasteiger partial charge in [0.2, 0.25) is 5.91 Å². The molecule has 0 bridgehead atoms. The zero-order chi connectivity index (χ0) is 22.5. The van der Waals surface area contributed by atoms with Crippen LogP contribution in [0.15, 0.2) is 29.1 Å². The molecule has 9 nitrogen and oxygen atoms in total. The van der Waals surface area contributed by atoms with E-state index >= 15 is 0 Å². The van der Waals surface area contributed by atoms with Crippen molar-refractivity contribution in [3.8, 4) is 17.1 Å². The first-order chi connectivity index (χ1) is 15.6. The van der Waals surface area contributed by atoms with Crippen LogP contribution in [0.4, 0.5) is 5.69 Å². The van der Waals surface area contributed by atoms with Crippen molar-refractivity contribution >= 4 is 11.6 Å². The van der Waals surface area contributed by atoms with E-state index in [9.17, 15) is 9.59 Å². The van der Waals surface area contributed by atoms with Gasteiger partial charge in [0.05, 0.1) is 37.1 Å². The number of benzene rings is 1. The number of nitrogens with zero attached hydrogens (tertiary/aromatic N) is 3. The fourth-order valence-electron chi connectivity index (χ4n) is 4.09. The van der Waals surface area contributed by atoms with Gasteiger partial charge in [-0.15, -0.1) is 0 Å². The number of para-hydroxylation sites is 1. The van der Waals surface area contributed by atoms with Crippen LogP contribution >= 0.6 is 0 Å². The highest BCUT2D eigenvalue weighted by molar-refractivity contribution is 5.82. The van der Waals surface area contributed by atoms with Gasteiger partial charge in [-0.3, -0.25) is 14.6 Å². The largest absolute Gasteiger partial charge is 0.493 e. The molecule has 1 fully saturated rings. The number of anilines is 1. The zero-order valence-corrected chi connectivity index (χ0v) is 18.7. The number of rotatable bonds is 8. The van der Waals surface area contributed by atoms with Gasteiger partial charge in [0.1, 0.15) is 23.8 Å². The van der Waals surface area contributed by atoms with Crippen LogP contribution in [0.25, 0.3) is 11.4 Å². The SMILES string of the molecule is CCCOc1ccccc1-c1nc2c(c(=O)[nH]1)N(CC(=O)N1CCOCC1)NC2CCC. The summed E-state index contributed by atoms with van der Waals surface area (Å²) in [6, 6.07) is 7.45. The minimum Gasteiger partial charge on any atom is -0.493 e. The Labute approximate surface area is 187 Å². The number of ether oxygens (including phenoxy) is 2. The normalized spacial score (nSPS) is 18.0. The van der Waals surface area contributed by atoms with Gasteiger partial charge in [0, 0.05) is 13.1 Å². The Morgan fingerprint density at radius 3 is 2.75 bits per heavy atom. The molecule has 1 aromatic carbocycles. The number of fused-ring (bicyclic) bond motifs is 1. The predicted molar refractivity (Wildman–Crippen MR) is 122 cm³/mol. The van der Waals surface area contributed by atoms with Crippen molar-refractivity contribution in [1.29, 1.82) is 0 Å². The predicted octanol–water partition coefficient (Wildman–Crippen LogP) is 2.25. The second kappa shape index (κ2) is 10.1. The van der Waals surface area contributed by atoms with Crippen molar-refractivity contribution < 1.29 is 14.3 Å². The molecule has 0 saturated carbocycles. The molecule has 32 heavy (non-hydrogen) atoms. The Bertz CT molecular complexity index is 1000. The first-order valence-corrected chi connectivity index (χ1v) is 11.4. The zero-order valence-electron chi connectivity index (χ0n) is 18.7.